The molecule has 0 spiro atoms. The van der Waals surface area contributed by atoms with Crippen LogP contribution in [0.5, 0.6) is 5.75 Å². The van der Waals surface area contributed by atoms with Crippen LogP contribution in [0.1, 0.15) is 44.7 Å². The minimum atomic E-state index is 0.0303. The SMILES string of the molecule is CC(C)(C)c1ccc(OCCCC(=O)NCc2cccc(-c3nc(-c4ccccc4)cs3)c2)cc1. The van der Waals surface area contributed by atoms with Gasteiger partial charge >= 0.3 is 0 Å². The van der Waals surface area contributed by atoms with E-state index in [4.69, 9.17) is 9.72 Å². The van der Waals surface area contributed by atoms with Crippen LogP contribution in [0.2, 0.25) is 0 Å². The number of amides is 1. The van der Waals surface area contributed by atoms with Gasteiger partial charge < -0.3 is 10.1 Å². The van der Waals surface area contributed by atoms with E-state index in [1.54, 1.807) is 11.3 Å². The average Bonchev–Trinajstić information content (AvgIpc) is 3.36. The van der Waals surface area contributed by atoms with E-state index in [1.165, 1.54) is 5.56 Å². The minimum absolute atomic E-state index is 0.0303. The number of thiazole rings is 1. The number of hydrogen-bond donors (Lipinski definition) is 1. The molecular weight excluding hydrogens is 452 g/mol. The normalized spacial score (nSPS) is 11.3. The second-order valence-electron chi connectivity index (χ2n) is 9.61. The summed E-state index contributed by atoms with van der Waals surface area (Å²) in [7, 11) is 0. The van der Waals surface area contributed by atoms with Crippen molar-refractivity contribution in [1.82, 2.24) is 10.3 Å². The van der Waals surface area contributed by atoms with Crippen molar-refractivity contribution in [1.29, 1.82) is 0 Å². The Morgan fingerprint density at radius 3 is 2.43 bits per heavy atom. The highest BCUT2D eigenvalue weighted by molar-refractivity contribution is 7.13. The second kappa shape index (κ2) is 11.3. The van der Waals surface area contributed by atoms with E-state index < -0.39 is 0 Å². The van der Waals surface area contributed by atoms with Crippen molar-refractivity contribution in [3.8, 4) is 27.6 Å². The molecule has 0 fully saturated rings. The largest absolute Gasteiger partial charge is 0.494 e. The zero-order valence-corrected chi connectivity index (χ0v) is 21.4. The Balaban J connectivity index is 1.22. The van der Waals surface area contributed by atoms with Gasteiger partial charge in [-0.15, -0.1) is 11.3 Å². The number of hydrogen-bond acceptors (Lipinski definition) is 4. The van der Waals surface area contributed by atoms with Gasteiger partial charge in [0.05, 0.1) is 12.3 Å². The van der Waals surface area contributed by atoms with Crippen LogP contribution in [-0.4, -0.2) is 17.5 Å². The van der Waals surface area contributed by atoms with E-state index in [2.05, 4.69) is 67.9 Å². The van der Waals surface area contributed by atoms with Crippen molar-refractivity contribution in [3.05, 3.63) is 95.4 Å². The lowest BCUT2D eigenvalue weighted by molar-refractivity contribution is -0.121. The third kappa shape index (κ3) is 7.03. The lowest BCUT2D eigenvalue weighted by Gasteiger charge is -2.19. The predicted molar refractivity (Wildman–Crippen MR) is 145 cm³/mol. The van der Waals surface area contributed by atoms with Crippen molar-refractivity contribution < 1.29 is 9.53 Å². The number of aromatic nitrogens is 1. The minimum Gasteiger partial charge on any atom is -0.494 e. The van der Waals surface area contributed by atoms with Crippen LogP contribution in [0.15, 0.2) is 84.2 Å². The third-order valence-corrected chi connectivity index (χ3v) is 6.67. The van der Waals surface area contributed by atoms with E-state index in [1.807, 2.05) is 42.5 Å². The van der Waals surface area contributed by atoms with Crippen molar-refractivity contribution >= 4 is 17.2 Å². The number of rotatable bonds is 9. The van der Waals surface area contributed by atoms with E-state index in [0.29, 0.717) is 26.0 Å². The molecule has 0 unspecified atom stereocenters. The van der Waals surface area contributed by atoms with Gasteiger partial charge in [-0.1, -0.05) is 81.4 Å². The van der Waals surface area contributed by atoms with Gasteiger partial charge in [0.1, 0.15) is 10.8 Å². The molecule has 0 atom stereocenters. The number of benzene rings is 3. The Hall–Kier alpha value is -3.44. The Morgan fingerprint density at radius 2 is 1.69 bits per heavy atom. The fourth-order valence-corrected chi connectivity index (χ4v) is 4.55. The highest BCUT2D eigenvalue weighted by atomic mass is 32.1. The van der Waals surface area contributed by atoms with E-state index >= 15 is 0 Å². The summed E-state index contributed by atoms with van der Waals surface area (Å²) in [6, 6.07) is 26.6. The molecule has 5 heteroatoms. The Labute approximate surface area is 212 Å². The van der Waals surface area contributed by atoms with Gasteiger partial charge in [-0.05, 0) is 41.2 Å². The van der Waals surface area contributed by atoms with Crippen molar-refractivity contribution in [2.24, 2.45) is 0 Å². The van der Waals surface area contributed by atoms with Gasteiger partial charge in [0.2, 0.25) is 5.91 Å². The van der Waals surface area contributed by atoms with Crippen molar-refractivity contribution in [2.45, 2.75) is 45.6 Å². The van der Waals surface area contributed by atoms with Crippen LogP contribution >= 0.6 is 11.3 Å². The van der Waals surface area contributed by atoms with Gasteiger partial charge in [0.25, 0.3) is 0 Å². The summed E-state index contributed by atoms with van der Waals surface area (Å²) in [5.41, 5.74) is 5.62. The molecule has 3 aromatic carbocycles. The topological polar surface area (TPSA) is 51.2 Å². The number of nitrogens with zero attached hydrogens (tertiary/aromatic N) is 1. The molecule has 0 saturated heterocycles. The second-order valence-corrected chi connectivity index (χ2v) is 10.5. The van der Waals surface area contributed by atoms with Crippen LogP contribution in [-0.2, 0) is 16.8 Å². The molecule has 0 aliphatic carbocycles. The first kappa shape index (κ1) is 24.7. The first-order chi connectivity index (χ1) is 16.9. The summed E-state index contributed by atoms with van der Waals surface area (Å²) in [5.74, 6) is 0.871. The van der Waals surface area contributed by atoms with Gasteiger partial charge in [0, 0.05) is 29.5 Å². The average molecular weight is 485 g/mol. The Kier molecular flexibility index (Phi) is 7.98. The van der Waals surface area contributed by atoms with Crippen molar-refractivity contribution in [3.63, 3.8) is 0 Å². The summed E-state index contributed by atoms with van der Waals surface area (Å²) in [6.07, 6.45) is 1.11. The standard InChI is InChI=1S/C30H32N2O2S/c1-30(2,3)25-14-16-26(17-15-25)34-18-8-13-28(33)31-20-22-9-7-12-24(19-22)29-32-27(21-35-29)23-10-5-4-6-11-23/h4-7,9-12,14-17,19,21H,8,13,18,20H2,1-3H3,(H,31,33). The smallest absolute Gasteiger partial charge is 0.220 e. The maximum absolute atomic E-state index is 12.3. The van der Waals surface area contributed by atoms with Crippen LogP contribution in [0, 0.1) is 0 Å². The summed E-state index contributed by atoms with van der Waals surface area (Å²) >= 11 is 1.63. The molecule has 0 radical (unpaired) electrons. The maximum Gasteiger partial charge on any atom is 0.220 e. The third-order valence-electron chi connectivity index (χ3n) is 5.77. The molecule has 4 nitrogen and oxygen atoms in total. The van der Waals surface area contributed by atoms with Gasteiger partial charge in [-0.2, -0.15) is 0 Å². The number of ether oxygens (including phenoxy) is 1. The lowest BCUT2D eigenvalue weighted by Crippen LogP contribution is -2.23. The maximum atomic E-state index is 12.3. The monoisotopic (exact) mass is 484 g/mol. The molecule has 180 valence electrons. The van der Waals surface area contributed by atoms with Crippen molar-refractivity contribution in [2.75, 3.05) is 6.61 Å². The molecule has 4 rings (SSSR count). The summed E-state index contributed by atoms with van der Waals surface area (Å²) < 4.78 is 5.80. The zero-order valence-electron chi connectivity index (χ0n) is 20.6. The molecular formula is C30H32N2O2S. The highest BCUT2D eigenvalue weighted by Gasteiger charge is 2.13. The first-order valence-electron chi connectivity index (χ1n) is 12.0. The molecule has 1 amide bonds. The summed E-state index contributed by atoms with van der Waals surface area (Å²) in [6.45, 7) is 7.60. The van der Waals surface area contributed by atoms with Gasteiger partial charge in [0.15, 0.2) is 0 Å². The van der Waals surface area contributed by atoms with Crippen LogP contribution in [0.4, 0.5) is 0 Å². The van der Waals surface area contributed by atoms with Gasteiger partial charge in [-0.25, -0.2) is 4.98 Å². The zero-order chi connectivity index (χ0) is 24.7. The Bertz CT molecular complexity index is 1240. The quantitative estimate of drug-likeness (QED) is 0.255. The number of carbonyl (C=O) groups is 1. The fraction of sp³-hybridized carbons (Fsp3) is 0.267. The molecule has 0 aliphatic heterocycles. The summed E-state index contributed by atoms with van der Waals surface area (Å²) in [4.78, 5) is 17.1. The van der Waals surface area contributed by atoms with Crippen LogP contribution in [0.25, 0.3) is 21.8 Å². The molecule has 1 N–H and O–H groups in total. The predicted octanol–water partition coefficient (Wildman–Crippen LogP) is 7.25. The molecule has 4 aromatic rings. The van der Waals surface area contributed by atoms with Crippen LogP contribution in [0.3, 0.4) is 0 Å². The van der Waals surface area contributed by atoms with Crippen LogP contribution < -0.4 is 10.1 Å². The highest BCUT2D eigenvalue weighted by Crippen LogP contribution is 2.29. The first-order valence-corrected chi connectivity index (χ1v) is 12.9. The molecule has 0 bridgehead atoms. The summed E-state index contributed by atoms with van der Waals surface area (Å²) in [5, 5.41) is 6.08. The van der Waals surface area contributed by atoms with Gasteiger partial charge in [-0.3, -0.25) is 4.79 Å². The molecule has 35 heavy (non-hydrogen) atoms. The number of carbonyl (C=O) groups excluding carboxylic acids is 1. The van der Waals surface area contributed by atoms with E-state index in [0.717, 1.165) is 33.1 Å². The molecule has 1 heterocycles. The van der Waals surface area contributed by atoms with E-state index in [9.17, 15) is 4.79 Å². The molecule has 0 aliphatic rings. The molecule has 1 aromatic heterocycles. The number of nitrogens with one attached hydrogen (secondary N) is 1. The Morgan fingerprint density at radius 1 is 0.943 bits per heavy atom. The fourth-order valence-electron chi connectivity index (χ4n) is 3.73. The molecule has 0 saturated carbocycles. The van der Waals surface area contributed by atoms with E-state index in [-0.39, 0.29) is 11.3 Å². The lowest BCUT2D eigenvalue weighted by atomic mass is 9.87.